The van der Waals surface area contributed by atoms with Gasteiger partial charge in [0.05, 0.1) is 13.3 Å². The molecule has 14 heavy (non-hydrogen) atoms. The van der Waals surface area contributed by atoms with E-state index in [0.29, 0.717) is 11.7 Å². The van der Waals surface area contributed by atoms with E-state index in [9.17, 15) is 0 Å². The Labute approximate surface area is 84.0 Å². The van der Waals surface area contributed by atoms with Crippen LogP contribution in [0.3, 0.4) is 0 Å². The first-order chi connectivity index (χ1) is 6.69. The van der Waals surface area contributed by atoms with Crippen LogP contribution in [0.4, 0.5) is 0 Å². The van der Waals surface area contributed by atoms with E-state index in [-0.39, 0.29) is 0 Å². The predicted octanol–water partition coefficient (Wildman–Crippen LogP) is 2.63. The summed E-state index contributed by atoms with van der Waals surface area (Å²) in [6.07, 6.45) is 1.38. The first-order valence-corrected chi connectivity index (χ1v) is 4.54. The molecule has 1 aromatic rings. The van der Waals surface area contributed by atoms with Gasteiger partial charge in [0.2, 0.25) is 0 Å². The molecule has 0 radical (unpaired) electrons. The van der Waals surface area contributed by atoms with Crippen LogP contribution < -0.4 is 4.74 Å². The molecule has 0 saturated carbocycles. The van der Waals surface area contributed by atoms with Gasteiger partial charge in [-0.1, -0.05) is 25.1 Å². The highest BCUT2D eigenvalue weighted by Gasteiger charge is 2.04. The molecule has 0 fully saturated rings. The number of nitrogens with zero attached hydrogens (tertiary/aromatic N) is 1. The summed E-state index contributed by atoms with van der Waals surface area (Å²) in [5.41, 5.74) is 1.99. The van der Waals surface area contributed by atoms with Crippen molar-refractivity contribution < 1.29 is 9.94 Å². The van der Waals surface area contributed by atoms with Crippen LogP contribution in [0.15, 0.2) is 23.4 Å². The zero-order valence-corrected chi connectivity index (χ0v) is 8.69. The molecule has 1 rings (SSSR count). The quantitative estimate of drug-likeness (QED) is 0.455. The second-order valence-electron chi connectivity index (χ2n) is 3.40. The molecule has 0 aromatic heterocycles. The van der Waals surface area contributed by atoms with Crippen LogP contribution in [0, 0.1) is 0 Å². The average Bonchev–Trinajstić information content (AvgIpc) is 2.18. The molecule has 3 heteroatoms. The lowest BCUT2D eigenvalue weighted by Gasteiger charge is -2.09. The summed E-state index contributed by atoms with van der Waals surface area (Å²) in [7, 11) is 1.60. The predicted molar refractivity (Wildman–Crippen MR) is 56.5 cm³/mol. The fourth-order valence-corrected chi connectivity index (χ4v) is 1.28. The van der Waals surface area contributed by atoms with Crippen molar-refractivity contribution in [2.24, 2.45) is 5.16 Å². The van der Waals surface area contributed by atoms with Crippen molar-refractivity contribution in [2.75, 3.05) is 7.11 Å². The molecule has 1 N–H and O–H groups in total. The Morgan fingerprint density at radius 3 is 2.64 bits per heavy atom. The Hall–Kier alpha value is -1.51. The fourth-order valence-electron chi connectivity index (χ4n) is 1.28. The Kier molecular flexibility index (Phi) is 3.51. The zero-order valence-electron chi connectivity index (χ0n) is 8.69. The van der Waals surface area contributed by atoms with E-state index in [1.165, 1.54) is 11.8 Å². The molecule has 0 aliphatic rings. The number of benzene rings is 1. The first kappa shape index (κ1) is 10.6. The van der Waals surface area contributed by atoms with Crippen LogP contribution >= 0.6 is 0 Å². The van der Waals surface area contributed by atoms with Crippen molar-refractivity contribution in [1.29, 1.82) is 0 Å². The third-order valence-corrected chi connectivity index (χ3v) is 2.12. The molecule has 0 spiro atoms. The van der Waals surface area contributed by atoms with E-state index in [2.05, 4.69) is 19.0 Å². The summed E-state index contributed by atoms with van der Waals surface area (Å²) in [5.74, 6) is 1.17. The van der Waals surface area contributed by atoms with E-state index in [4.69, 9.17) is 9.94 Å². The number of rotatable bonds is 3. The zero-order chi connectivity index (χ0) is 10.6. The van der Waals surface area contributed by atoms with Crippen molar-refractivity contribution in [3.8, 4) is 5.75 Å². The Balaban J connectivity index is 3.13. The van der Waals surface area contributed by atoms with Gasteiger partial charge < -0.3 is 9.94 Å². The molecule has 76 valence electrons. The van der Waals surface area contributed by atoms with Gasteiger partial charge in [0.15, 0.2) is 0 Å². The number of methoxy groups -OCH3 is 1. The molecular formula is C11H15NO2. The van der Waals surface area contributed by atoms with Crippen LogP contribution in [0.5, 0.6) is 5.75 Å². The maximum absolute atomic E-state index is 8.48. The minimum absolute atomic E-state index is 0.451. The van der Waals surface area contributed by atoms with E-state index >= 15 is 0 Å². The van der Waals surface area contributed by atoms with Crippen LogP contribution in [0.2, 0.25) is 0 Å². The maximum Gasteiger partial charge on any atom is 0.127 e. The van der Waals surface area contributed by atoms with Gasteiger partial charge in [0, 0.05) is 5.56 Å². The van der Waals surface area contributed by atoms with Gasteiger partial charge in [0.25, 0.3) is 0 Å². The van der Waals surface area contributed by atoms with Gasteiger partial charge in [-0.05, 0) is 23.6 Å². The highest BCUT2D eigenvalue weighted by molar-refractivity contribution is 5.83. The molecule has 0 heterocycles. The lowest BCUT2D eigenvalue weighted by molar-refractivity contribution is 0.321. The topological polar surface area (TPSA) is 41.8 Å². The molecule has 0 atom stereocenters. The smallest absolute Gasteiger partial charge is 0.127 e. The van der Waals surface area contributed by atoms with Crippen molar-refractivity contribution in [3.63, 3.8) is 0 Å². The van der Waals surface area contributed by atoms with Gasteiger partial charge in [0.1, 0.15) is 5.75 Å². The standard InChI is InChI=1S/C11H15NO2/c1-8(2)9-4-5-11(14-3)10(6-9)7-12-13/h4-8,13H,1-3H3/b12-7+. The molecule has 0 amide bonds. The summed E-state index contributed by atoms with van der Waals surface area (Å²) in [6, 6.07) is 5.85. The van der Waals surface area contributed by atoms with Gasteiger partial charge >= 0.3 is 0 Å². The van der Waals surface area contributed by atoms with E-state index < -0.39 is 0 Å². The minimum Gasteiger partial charge on any atom is -0.496 e. The van der Waals surface area contributed by atoms with Crippen molar-refractivity contribution >= 4 is 6.21 Å². The van der Waals surface area contributed by atoms with Crippen LogP contribution in [0.25, 0.3) is 0 Å². The number of hydrogen-bond acceptors (Lipinski definition) is 3. The van der Waals surface area contributed by atoms with E-state index in [0.717, 1.165) is 5.56 Å². The van der Waals surface area contributed by atoms with Crippen molar-refractivity contribution in [2.45, 2.75) is 19.8 Å². The maximum atomic E-state index is 8.48. The molecule has 3 nitrogen and oxygen atoms in total. The SMILES string of the molecule is COc1ccc(C(C)C)cc1/C=N/O. The normalized spacial score (nSPS) is 11.1. The largest absolute Gasteiger partial charge is 0.496 e. The van der Waals surface area contributed by atoms with Crippen molar-refractivity contribution in [1.82, 2.24) is 0 Å². The van der Waals surface area contributed by atoms with Crippen LogP contribution in [0.1, 0.15) is 30.9 Å². The number of ether oxygens (including phenoxy) is 1. The fraction of sp³-hybridized carbons (Fsp3) is 0.364. The van der Waals surface area contributed by atoms with Crippen LogP contribution in [-0.2, 0) is 0 Å². The third-order valence-electron chi connectivity index (χ3n) is 2.12. The van der Waals surface area contributed by atoms with E-state index in [1.807, 2.05) is 18.2 Å². The molecule has 0 unspecified atom stereocenters. The summed E-state index contributed by atoms with van der Waals surface area (Å²) in [5, 5.41) is 11.5. The summed E-state index contributed by atoms with van der Waals surface area (Å²) in [6.45, 7) is 4.23. The lowest BCUT2D eigenvalue weighted by atomic mass is 10.0. The lowest BCUT2D eigenvalue weighted by Crippen LogP contribution is -1.94. The molecule has 0 aliphatic heterocycles. The summed E-state index contributed by atoms with van der Waals surface area (Å²) in [4.78, 5) is 0. The highest BCUT2D eigenvalue weighted by Crippen LogP contribution is 2.22. The van der Waals surface area contributed by atoms with Gasteiger partial charge in [-0.15, -0.1) is 0 Å². The first-order valence-electron chi connectivity index (χ1n) is 4.54. The molecule has 0 bridgehead atoms. The third kappa shape index (κ3) is 2.25. The number of hydrogen-bond donors (Lipinski definition) is 1. The van der Waals surface area contributed by atoms with Crippen LogP contribution in [-0.4, -0.2) is 18.5 Å². The minimum atomic E-state index is 0.451. The molecular weight excluding hydrogens is 178 g/mol. The highest BCUT2D eigenvalue weighted by atomic mass is 16.5. The average molecular weight is 193 g/mol. The Morgan fingerprint density at radius 1 is 1.43 bits per heavy atom. The second kappa shape index (κ2) is 4.65. The van der Waals surface area contributed by atoms with E-state index in [1.54, 1.807) is 7.11 Å². The Morgan fingerprint density at radius 2 is 2.14 bits per heavy atom. The van der Waals surface area contributed by atoms with Gasteiger partial charge in [-0.2, -0.15) is 0 Å². The van der Waals surface area contributed by atoms with Crippen molar-refractivity contribution in [3.05, 3.63) is 29.3 Å². The Bertz CT molecular complexity index is 332. The molecule has 0 aliphatic carbocycles. The molecule has 1 aromatic carbocycles. The van der Waals surface area contributed by atoms with Gasteiger partial charge in [-0.3, -0.25) is 0 Å². The molecule has 0 saturated heterocycles. The summed E-state index contributed by atoms with van der Waals surface area (Å²) >= 11 is 0. The van der Waals surface area contributed by atoms with Gasteiger partial charge in [-0.25, -0.2) is 0 Å². The second-order valence-corrected chi connectivity index (χ2v) is 3.40. The monoisotopic (exact) mass is 193 g/mol. The number of oxime groups is 1. The summed E-state index contributed by atoms with van der Waals surface area (Å²) < 4.78 is 5.13.